The van der Waals surface area contributed by atoms with Gasteiger partial charge in [0.05, 0.1) is 6.26 Å². The molecule has 1 saturated heterocycles. The number of carbonyl (C=O) groups is 1. The van der Waals surface area contributed by atoms with Crippen molar-refractivity contribution in [2.75, 3.05) is 32.7 Å². The van der Waals surface area contributed by atoms with E-state index in [4.69, 9.17) is 8.94 Å². The molecular formula is C23H28N4O3. The summed E-state index contributed by atoms with van der Waals surface area (Å²) < 4.78 is 10.5. The van der Waals surface area contributed by atoms with E-state index in [9.17, 15) is 4.79 Å². The fourth-order valence-corrected chi connectivity index (χ4v) is 3.83. The van der Waals surface area contributed by atoms with E-state index in [-0.39, 0.29) is 5.91 Å². The highest BCUT2D eigenvalue weighted by atomic mass is 16.5. The molecule has 1 fully saturated rings. The topological polar surface area (TPSA) is 75.6 Å². The highest BCUT2D eigenvalue weighted by Gasteiger charge is 2.20. The number of rotatable bonds is 8. The Morgan fingerprint density at radius 3 is 2.73 bits per heavy atom. The summed E-state index contributed by atoms with van der Waals surface area (Å²) in [5.74, 6) is 1.60. The van der Waals surface area contributed by atoms with Crippen LogP contribution in [0.1, 0.15) is 30.7 Å². The molecule has 1 amide bonds. The normalized spacial score (nSPS) is 15.3. The second-order valence-corrected chi connectivity index (χ2v) is 7.65. The van der Waals surface area contributed by atoms with Crippen molar-refractivity contribution < 1.29 is 13.7 Å². The Bertz CT molecular complexity index is 908. The largest absolute Gasteiger partial charge is 0.461 e. The average Bonchev–Trinajstić information content (AvgIpc) is 3.41. The van der Waals surface area contributed by atoms with Gasteiger partial charge in [0.15, 0.2) is 5.76 Å². The van der Waals surface area contributed by atoms with Crippen LogP contribution in [-0.4, -0.2) is 58.6 Å². The molecule has 158 valence electrons. The molecule has 1 aliphatic rings. The molecule has 3 aromatic rings. The minimum atomic E-state index is 0.152. The van der Waals surface area contributed by atoms with Gasteiger partial charge in [0.1, 0.15) is 0 Å². The first kappa shape index (κ1) is 20.3. The van der Waals surface area contributed by atoms with Crippen LogP contribution >= 0.6 is 0 Å². The fourth-order valence-electron chi connectivity index (χ4n) is 3.83. The lowest BCUT2D eigenvalue weighted by atomic mass is 10.1. The van der Waals surface area contributed by atoms with Crippen molar-refractivity contribution in [3.8, 4) is 11.6 Å². The van der Waals surface area contributed by atoms with Crippen LogP contribution in [0.4, 0.5) is 0 Å². The van der Waals surface area contributed by atoms with E-state index >= 15 is 0 Å². The zero-order chi connectivity index (χ0) is 20.6. The Balaban J connectivity index is 1.19. The standard InChI is InChI=1S/C23H28N4O3/c28-22(12-11-21-24-23(25-30-21)20-10-5-18-29-20)27-15-6-14-26(16-17-27)13-4-9-19-7-2-1-3-8-19/h1-3,5,7-8,10,18H,4,6,9,11-17H2. The monoisotopic (exact) mass is 408 g/mol. The zero-order valence-electron chi connectivity index (χ0n) is 17.2. The predicted molar refractivity (Wildman–Crippen MR) is 113 cm³/mol. The lowest BCUT2D eigenvalue weighted by Gasteiger charge is -2.22. The summed E-state index contributed by atoms with van der Waals surface area (Å²) in [4.78, 5) is 21.4. The number of nitrogens with zero attached hydrogens (tertiary/aromatic N) is 4. The smallest absolute Gasteiger partial charge is 0.238 e. The lowest BCUT2D eigenvalue weighted by molar-refractivity contribution is -0.131. The lowest BCUT2D eigenvalue weighted by Crippen LogP contribution is -2.35. The molecule has 3 heterocycles. The number of amides is 1. The van der Waals surface area contributed by atoms with Gasteiger partial charge >= 0.3 is 0 Å². The second-order valence-electron chi connectivity index (χ2n) is 7.65. The molecule has 7 nitrogen and oxygen atoms in total. The van der Waals surface area contributed by atoms with Gasteiger partial charge in [-0.25, -0.2) is 0 Å². The van der Waals surface area contributed by atoms with E-state index in [1.54, 1.807) is 18.4 Å². The number of aryl methyl sites for hydroxylation is 2. The summed E-state index contributed by atoms with van der Waals surface area (Å²) in [5.41, 5.74) is 1.39. The molecular weight excluding hydrogens is 380 g/mol. The van der Waals surface area contributed by atoms with Gasteiger partial charge < -0.3 is 18.7 Å². The molecule has 2 aromatic heterocycles. The van der Waals surface area contributed by atoms with E-state index in [0.717, 1.165) is 52.0 Å². The number of hydrogen-bond acceptors (Lipinski definition) is 6. The Labute approximate surface area is 176 Å². The maximum Gasteiger partial charge on any atom is 0.238 e. The van der Waals surface area contributed by atoms with Crippen molar-refractivity contribution in [3.63, 3.8) is 0 Å². The van der Waals surface area contributed by atoms with Crippen LogP contribution < -0.4 is 0 Å². The van der Waals surface area contributed by atoms with Gasteiger partial charge in [-0.05, 0) is 50.0 Å². The first-order valence-corrected chi connectivity index (χ1v) is 10.7. The highest BCUT2D eigenvalue weighted by molar-refractivity contribution is 5.76. The van der Waals surface area contributed by atoms with E-state index < -0.39 is 0 Å². The van der Waals surface area contributed by atoms with Crippen molar-refractivity contribution in [3.05, 3.63) is 60.2 Å². The van der Waals surface area contributed by atoms with Crippen molar-refractivity contribution in [1.29, 1.82) is 0 Å². The van der Waals surface area contributed by atoms with Gasteiger partial charge in [-0.2, -0.15) is 4.98 Å². The molecule has 7 heteroatoms. The van der Waals surface area contributed by atoms with E-state index in [1.807, 2.05) is 4.90 Å². The minimum absolute atomic E-state index is 0.152. The molecule has 0 N–H and O–H groups in total. The molecule has 0 atom stereocenters. The number of hydrogen-bond donors (Lipinski definition) is 0. The summed E-state index contributed by atoms with van der Waals surface area (Å²) in [6.07, 6.45) is 5.66. The molecule has 1 aliphatic heterocycles. The van der Waals surface area contributed by atoms with Gasteiger partial charge in [-0.1, -0.05) is 35.5 Å². The molecule has 0 radical (unpaired) electrons. The Kier molecular flexibility index (Phi) is 6.92. The molecule has 0 spiro atoms. The summed E-state index contributed by atoms with van der Waals surface area (Å²) >= 11 is 0. The molecule has 0 saturated carbocycles. The molecule has 0 aliphatic carbocycles. The number of benzene rings is 1. The maximum atomic E-state index is 12.7. The van der Waals surface area contributed by atoms with Crippen molar-refractivity contribution in [1.82, 2.24) is 19.9 Å². The summed E-state index contributed by atoms with van der Waals surface area (Å²) in [6.45, 7) is 4.66. The van der Waals surface area contributed by atoms with Crippen LogP contribution in [0.15, 0.2) is 57.7 Å². The van der Waals surface area contributed by atoms with Crippen LogP contribution in [0.2, 0.25) is 0 Å². The molecule has 30 heavy (non-hydrogen) atoms. The van der Waals surface area contributed by atoms with Gasteiger partial charge in [0, 0.05) is 32.5 Å². The summed E-state index contributed by atoms with van der Waals surface area (Å²) in [5, 5.41) is 3.91. The number of aromatic nitrogens is 2. The van der Waals surface area contributed by atoms with Crippen molar-refractivity contribution in [2.24, 2.45) is 0 Å². The van der Waals surface area contributed by atoms with Crippen LogP contribution in [0.3, 0.4) is 0 Å². The van der Waals surface area contributed by atoms with Crippen molar-refractivity contribution in [2.45, 2.75) is 32.1 Å². The predicted octanol–water partition coefficient (Wildman–Crippen LogP) is 3.43. The zero-order valence-corrected chi connectivity index (χ0v) is 17.2. The first-order valence-electron chi connectivity index (χ1n) is 10.7. The van der Waals surface area contributed by atoms with Crippen LogP contribution in [-0.2, 0) is 17.6 Å². The Hall–Kier alpha value is -2.93. The van der Waals surface area contributed by atoms with Crippen molar-refractivity contribution >= 4 is 5.91 Å². The highest BCUT2D eigenvalue weighted by Crippen LogP contribution is 2.16. The molecule has 0 bridgehead atoms. The summed E-state index contributed by atoms with van der Waals surface area (Å²) in [7, 11) is 0. The van der Waals surface area contributed by atoms with Gasteiger partial charge in [0.2, 0.25) is 17.6 Å². The molecule has 4 rings (SSSR count). The average molecular weight is 409 g/mol. The van der Waals surface area contributed by atoms with Gasteiger partial charge in [0.25, 0.3) is 0 Å². The van der Waals surface area contributed by atoms with Crippen LogP contribution in [0.5, 0.6) is 0 Å². The third-order valence-corrected chi connectivity index (χ3v) is 5.49. The third-order valence-electron chi connectivity index (χ3n) is 5.49. The van der Waals surface area contributed by atoms with Gasteiger partial charge in [-0.15, -0.1) is 0 Å². The second kappa shape index (κ2) is 10.2. The Morgan fingerprint density at radius 2 is 1.90 bits per heavy atom. The quantitative estimate of drug-likeness (QED) is 0.568. The number of furan rings is 1. The fraction of sp³-hybridized carbons (Fsp3) is 0.435. The van der Waals surface area contributed by atoms with Crippen LogP contribution in [0, 0.1) is 0 Å². The molecule has 0 unspecified atom stereocenters. The first-order chi connectivity index (χ1) is 14.8. The maximum absolute atomic E-state index is 12.7. The third kappa shape index (κ3) is 5.57. The SMILES string of the molecule is O=C(CCc1nc(-c2ccco2)no1)N1CCCN(CCCc2ccccc2)CC1. The summed E-state index contributed by atoms with van der Waals surface area (Å²) in [6, 6.07) is 14.2. The minimum Gasteiger partial charge on any atom is -0.461 e. The van der Waals surface area contributed by atoms with Crippen LogP contribution in [0.25, 0.3) is 11.6 Å². The van der Waals surface area contributed by atoms with E-state index in [1.165, 1.54) is 5.56 Å². The Morgan fingerprint density at radius 1 is 1.00 bits per heavy atom. The van der Waals surface area contributed by atoms with E-state index in [0.29, 0.717) is 30.3 Å². The van der Waals surface area contributed by atoms with E-state index in [2.05, 4.69) is 45.4 Å². The molecule has 1 aromatic carbocycles. The van der Waals surface area contributed by atoms with Gasteiger partial charge in [-0.3, -0.25) is 4.79 Å². The number of carbonyl (C=O) groups excluding carboxylic acids is 1.